The summed E-state index contributed by atoms with van der Waals surface area (Å²) in [4.78, 5) is 3.99. The van der Waals surface area contributed by atoms with Crippen LogP contribution in [0.25, 0.3) is 0 Å². The summed E-state index contributed by atoms with van der Waals surface area (Å²) in [6.07, 6.45) is 3.45. The predicted molar refractivity (Wildman–Crippen MR) is 52.3 cm³/mol. The van der Waals surface area contributed by atoms with Crippen molar-refractivity contribution >= 4 is 15.9 Å². The number of hydrogen-bond donors (Lipinski definition) is 0. The van der Waals surface area contributed by atoms with Crippen LogP contribution in [0, 0.1) is 5.92 Å². The maximum Gasteiger partial charge on any atom is 0.138 e. The lowest BCUT2D eigenvalue weighted by molar-refractivity contribution is 0.270. The number of rotatable bonds is 3. The lowest BCUT2D eigenvalue weighted by Gasteiger charge is -2.07. The Bertz CT molecular complexity index is 250. The van der Waals surface area contributed by atoms with Gasteiger partial charge in [-0.05, 0) is 27.9 Å². The van der Waals surface area contributed by atoms with Gasteiger partial charge >= 0.3 is 0 Å². The molecule has 0 atom stereocenters. The normalized spacial score (nSPS) is 10.3. The highest BCUT2D eigenvalue weighted by atomic mass is 79.9. The first-order chi connectivity index (χ1) is 5.68. The van der Waals surface area contributed by atoms with E-state index in [1.54, 1.807) is 12.4 Å². The summed E-state index contributed by atoms with van der Waals surface area (Å²) >= 11 is 3.33. The summed E-state index contributed by atoms with van der Waals surface area (Å²) in [5.41, 5.74) is 0. The average molecular weight is 230 g/mol. The minimum absolute atomic E-state index is 0.545. The van der Waals surface area contributed by atoms with E-state index >= 15 is 0 Å². The summed E-state index contributed by atoms with van der Waals surface area (Å²) in [6, 6.07) is 1.91. The highest BCUT2D eigenvalue weighted by Gasteiger charge is 1.97. The molecule has 0 radical (unpaired) electrons. The molecule has 2 nitrogen and oxygen atoms in total. The molecule has 12 heavy (non-hydrogen) atoms. The number of halogens is 1. The molecule has 0 aromatic carbocycles. The van der Waals surface area contributed by atoms with Crippen molar-refractivity contribution in [2.24, 2.45) is 5.92 Å². The Morgan fingerprint density at radius 2 is 2.25 bits per heavy atom. The third kappa shape index (κ3) is 3.22. The molecule has 1 aromatic heterocycles. The molecule has 0 saturated carbocycles. The van der Waals surface area contributed by atoms with Crippen molar-refractivity contribution in [2.45, 2.75) is 13.8 Å². The van der Waals surface area contributed by atoms with E-state index in [0.717, 1.165) is 16.8 Å². The molecule has 1 aromatic rings. The van der Waals surface area contributed by atoms with Crippen molar-refractivity contribution in [3.8, 4) is 5.75 Å². The van der Waals surface area contributed by atoms with Crippen LogP contribution in [0.1, 0.15) is 13.8 Å². The summed E-state index contributed by atoms with van der Waals surface area (Å²) < 4.78 is 6.40. The summed E-state index contributed by atoms with van der Waals surface area (Å²) in [6.45, 7) is 4.97. The van der Waals surface area contributed by atoms with Gasteiger partial charge in [0.15, 0.2) is 0 Å². The van der Waals surface area contributed by atoms with Crippen molar-refractivity contribution in [1.82, 2.24) is 4.98 Å². The zero-order valence-corrected chi connectivity index (χ0v) is 8.84. The van der Waals surface area contributed by atoms with Crippen LogP contribution >= 0.6 is 15.9 Å². The van der Waals surface area contributed by atoms with Crippen LogP contribution in [0.5, 0.6) is 5.75 Å². The van der Waals surface area contributed by atoms with Gasteiger partial charge in [-0.3, -0.25) is 4.98 Å². The molecule has 0 amide bonds. The first-order valence-corrected chi connectivity index (χ1v) is 4.71. The Kier molecular flexibility index (Phi) is 3.53. The van der Waals surface area contributed by atoms with Crippen molar-refractivity contribution < 1.29 is 4.74 Å². The van der Waals surface area contributed by atoms with E-state index in [4.69, 9.17) is 4.74 Å². The maximum absolute atomic E-state index is 5.46. The molecule has 66 valence electrons. The van der Waals surface area contributed by atoms with E-state index in [-0.39, 0.29) is 0 Å². The molecule has 0 aliphatic rings. The molecule has 0 N–H and O–H groups in total. The number of hydrogen-bond acceptors (Lipinski definition) is 2. The van der Waals surface area contributed by atoms with Gasteiger partial charge in [-0.2, -0.15) is 0 Å². The predicted octanol–water partition coefficient (Wildman–Crippen LogP) is 2.88. The molecule has 0 aliphatic carbocycles. The number of pyridine rings is 1. The minimum atomic E-state index is 0.545. The first kappa shape index (κ1) is 9.52. The molecule has 3 heteroatoms. The second kappa shape index (κ2) is 4.45. The fraction of sp³-hybridized carbons (Fsp3) is 0.444. The molecule has 0 unspecified atom stereocenters. The van der Waals surface area contributed by atoms with Gasteiger partial charge in [0, 0.05) is 10.7 Å². The third-order valence-electron chi connectivity index (χ3n) is 1.26. The van der Waals surface area contributed by atoms with E-state index in [2.05, 4.69) is 34.8 Å². The van der Waals surface area contributed by atoms with Gasteiger partial charge in [-0.1, -0.05) is 13.8 Å². The van der Waals surface area contributed by atoms with Crippen molar-refractivity contribution in [2.75, 3.05) is 6.61 Å². The van der Waals surface area contributed by atoms with Crippen LogP contribution in [0.15, 0.2) is 22.9 Å². The van der Waals surface area contributed by atoms with Crippen LogP contribution in [0.4, 0.5) is 0 Å². The van der Waals surface area contributed by atoms with E-state index in [1.165, 1.54) is 0 Å². The van der Waals surface area contributed by atoms with Crippen molar-refractivity contribution in [3.05, 3.63) is 22.9 Å². The molecular formula is C9H12BrNO. The minimum Gasteiger partial charge on any atom is -0.492 e. The number of ether oxygens (including phenoxy) is 1. The molecular weight excluding hydrogens is 218 g/mol. The van der Waals surface area contributed by atoms with Gasteiger partial charge in [0.25, 0.3) is 0 Å². The van der Waals surface area contributed by atoms with Gasteiger partial charge in [0.05, 0.1) is 12.8 Å². The second-order valence-electron chi connectivity index (χ2n) is 3.04. The van der Waals surface area contributed by atoms with E-state index in [9.17, 15) is 0 Å². The Balaban J connectivity index is 2.52. The SMILES string of the molecule is CC(C)COc1cncc(Br)c1. The molecule has 0 spiro atoms. The van der Waals surface area contributed by atoms with Gasteiger partial charge in [0.2, 0.25) is 0 Å². The standard InChI is InChI=1S/C9H12BrNO/c1-7(2)6-12-9-3-8(10)4-11-5-9/h3-5,7H,6H2,1-2H3. The molecule has 1 heterocycles. The van der Waals surface area contributed by atoms with Crippen molar-refractivity contribution in [3.63, 3.8) is 0 Å². The average Bonchev–Trinajstić information content (AvgIpc) is 2.01. The summed E-state index contributed by atoms with van der Waals surface area (Å²) in [7, 11) is 0. The molecule has 1 rings (SSSR count). The molecule has 0 bridgehead atoms. The maximum atomic E-state index is 5.46. The highest BCUT2D eigenvalue weighted by molar-refractivity contribution is 9.10. The summed E-state index contributed by atoms with van der Waals surface area (Å²) in [5.74, 6) is 1.36. The van der Waals surface area contributed by atoms with Crippen LogP contribution in [0.2, 0.25) is 0 Å². The molecule has 0 aliphatic heterocycles. The zero-order valence-electron chi connectivity index (χ0n) is 7.25. The Morgan fingerprint density at radius 3 is 2.83 bits per heavy atom. The molecule has 0 saturated heterocycles. The smallest absolute Gasteiger partial charge is 0.138 e. The Hall–Kier alpha value is -0.570. The lowest BCUT2D eigenvalue weighted by Crippen LogP contribution is -2.04. The van der Waals surface area contributed by atoms with Gasteiger partial charge in [-0.25, -0.2) is 0 Å². The number of aromatic nitrogens is 1. The fourth-order valence-electron chi connectivity index (χ4n) is 0.734. The van der Waals surface area contributed by atoms with E-state index < -0.39 is 0 Å². The summed E-state index contributed by atoms with van der Waals surface area (Å²) in [5, 5.41) is 0. The Labute approximate surface area is 81.1 Å². The van der Waals surface area contributed by atoms with Crippen molar-refractivity contribution in [1.29, 1.82) is 0 Å². The lowest BCUT2D eigenvalue weighted by atomic mass is 10.2. The van der Waals surface area contributed by atoms with Crippen LogP contribution in [0.3, 0.4) is 0 Å². The Morgan fingerprint density at radius 1 is 1.50 bits per heavy atom. The van der Waals surface area contributed by atoms with Crippen LogP contribution in [-0.4, -0.2) is 11.6 Å². The fourth-order valence-corrected chi connectivity index (χ4v) is 1.08. The van der Waals surface area contributed by atoms with Crippen LogP contribution < -0.4 is 4.74 Å². The highest BCUT2D eigenvalue weighted by Crippen LogP contribution is 2.16. The zero-order chi connectivity index (χ0) is 8.97. The second-order valence-corrected chi connectivity index (χ2v) is 3.96. The first-order valence-electron chi connectivity index (χ1n) is 3.92. The van der Waals surface area contributed by atoms with E-state index in [0.29, 0.717) is 5.92 Å². The van der Waals surface area contributed by atoms with Crippen LogP contribution in [-0.2, 0) is 0 Å². The largest absolute Gasteiger partial charge is 0.492 e. The van der Waals surface area contributed by atoms with E-state index in [1.807, 2.05) is 6.07 Å². The quantitative estimate of drug-likeness (QED) is 0.796. The van der Waals surface area contributed by atoms with Gasteiger partial charge < -0.3 is 4.74 Å². The topological polar surface area (TPSA) is 22.1 Å². The number of nitrogens with zero attached hydrogens (tertiary/aromatic N) is 1. The van der Waals surface area contributed by atoms with Gasteiger partial charge in [0.1, 0.15) is 5.75 Å². The third-order valence-corrected chi connectivity index (χ3v) is 1.70. The molecule has 0 fully saturated rings. The monoisotopic (exact) mass is 229 g/mol. The van der Waals surface area contributed by atoms with Gasteiger partial charge in [-0.15, -0.1) is 0 Å².